The highest BCUT2D eigenvalue weighted by molar-refractivity contribution is 7.99. The zero-order chi connectivity index (χ0) is 21.7. The van der Waals surface area contributed by atoms with Crippen molar-refractivity contribution in [1.29, 1.82) is 0 Å². The molecule has 1 heterocycles. The first kappa shape index (κ1) is 21.6. The van der Waals surface area contributed by atoms with E-state index in [0.29, 0.717) is 33.9 Å². The quantitative estimate of drug-likeness (QED) is 0.328. The van der Waals surface area contributed by atoms with Crippen LogP contribution in [-0.4, -0.2) is 41.3 Å². The maximum absolute atomic E-state index is 12.9. The number of carbonyl (C=O) groups excluding carboxylic acids is 2. The third kappa shape index (κ3) is 4.38. The zero-order valence-corrected chi connectivity index (χ0v) is 17.9. The topological polar surface area (TPSA) is 81.5 Å². The van der Waals surface area contributed by atoms with Crippen molar-refractivity contribution in [3.63, 3.8) is 0 Å². The van der Waals surface area contributed by atoms with Gasteiger partial charge in [0.2, 0.25) is 5.91 Å². The van der Waals surface area contributed by atoms with E-state index < -0.39 is 5.97 Å². The minimum absolute atomic E-state index is 0.0699. The molecule has 0 unspecified atom stereocenters. The number of benzene rings is 2. The number of amides is 1. The Kier molecular flexibility index (Phi) is 6.89. The van der Waals surface area contributed by atoms with Gasteiger partial charge in [-0.05, 0) is 30.7 Å². The van der Waals surface area contributed by atoms with E-state index in [1.54, 1.807) is 48.0 Å². The number of hydrogen-bond acceptors (Lipinski definition) is 6. The third-order valence-corrected chi connectivity index (χ3v) is 5.60. The Labute approximate surface area is 178 Å². The van der Waals surface area contributed by atoms with Crippen LogP contribution in [0.15, 0.2) is 58.5 Å². The molecule has 1 amide bonds. The van der Waals surface area contributed by atoms with Gasteiger partial charge in [0.15, 0.2) is 5.16 Å². The molecular formula is C22H23N3O4S. The number of para-hydroxylation sites is 2. The summed E-state index contributed by atoms with van der Waals surface area (Å²) in [5, 5.41) is 1.06. The zero-order valence-electron chi connectivity index (χ0n) is 17.1. The van der Waals surface area contributed by atoms with Crippen LogP contribution in [0.3, 0.4) is 0 Å². The van der Waals surface area contributed by atoms with Crippen molar-refractivity contribution in [1.82, 2.24) is 9.55 Å². The van der Waals surface area contributed by atoms with Crippen molar-refractivity contribution in [3.8, 4) is 0 Å². The van der Waals surface area contributed by atoms with Crippen LogP contribution < -0.4 is 10.5 Å². The van der Waals surface area contributed by atoms with Crippen molar-refractivity contribution < 1.29 is 14.3 Å². The summed E-state index contributed by atoms with van der Waals surface area (Å²) in [5.41, 5.74) is 1.27. The van der Waals surface area contributed by atoms with Gasteiger partial charge in [0.1, 0.15) is 0 Å². The molecule has 0 radical (unpaired) electrons. The van der Waals surface area contributed by atoms with Crippen molar-refractivity contribution in [2.75, 3.05) is 24.8 Å². The molecule has 0 N–H and O–H groups in total. The van der Waals surface area contributed by atoms with Crippen molar-refractivity contribution in [2.45, 2.75) is 25.0 Å². The van der Waals surface area contributed by atoms with E-state index in [1.165, 1.54) is 23.8 Å². The largest absolute Gasteiger partial charge is 0.465 e. The first-order valence-electron chi connectivity index (χ1n) is 9.54. The van der Waals surface area contributed by atoms with Crippen LogP contribution >= 0.6 is 11.8 Å². The average molecular weight is 426 g/mol. The molecule has 1 aromatic heterocycles. The van der Waals surface area contributed by atoms with Crippen molar-refractivity contribution in [2.24, 2.45) is 0 Å². The van der Waals surface area contributed by atoms with Gasteiger partial charge in [-0.25, -0.2) is 9.78 Å². The van der Waals surface area contributed by atoms with Crippen LogP contribution in [0, 0.1) is 0 Å². The van der Waals surface area contributed by atoms with Gasteiger partial charge in [-0.15, -0.1) is 0 Å². The number of rotatable bonds is 7. The van der Waals surface area contributed by atoms with E-state index in [9.17, 15) is 14.4 Å². The summed E-state index contributed by atoms with van der Waals surface area (Å²) >= 11 is 1.21. The summed E-state index contributed by atoms with van der Waals surface area (Å²) < 4.78 is 6.42. The molecule has 3 rings (SSSR count). The molecule has 0 aliphatic rings. The van der Waals surface area contributed by atoms with E-state index in [2.05, 4.69) is 4.98 Å². The molecule has 0 aliphatic heterocycles. The molecule has 0 fully saturated rings. The van der Waals surface area contributed by atoms with E-state index in [1.807, 2.05) is 19.1 Å². The first-order valence-corrected chi connectivity index (χ1v) is 10.5. The highest BCUT2D eigenvalue weighted by atomic mass is 32.2. The Balaban J connectivity index is 1.86. The van der Waals surface area contributed by atoms with Crippen LogP contribution in [0.2, 0.25) is 0 Å². The summed E-state index contributed by atoms with van der Waals surface area (Å²) in [4.78, 5) is 43.7. The predicted octanol–water partition coefficient (Wildman–Crippen LogP) is 3.35. The lowest BCUT2D eigenvalue weighted by molar-refractivity contribution is -0.115. The van der Waals surface area contributed by atoms with E-state index in [0.717, 1.165) is 6.42 Å². The number of nitrogens with zero attached hydrogens (tertiary/aromatic N) is 3. The summed E-state index contributed by atoms with van der Waals surface area (Å²) in [6.07, 6.45) is 0.772. The molecule has 0 atom stereocenters. The van der Waals surface area contributed by atoms with E-state index >= 15 is 0 Å². The fourth-order valence-electron chi connectivity index (χ4n) is 3.08. The number of esters is 1. The number of aromatic nitrogens is 2. The number of ether oxygens (including phenoxy) is 1. The Bertz CT molecular complexity index is 1140. The molecule has 30 heavy (non-hydrogen) atoms. The second kappa shape index (κ2) is 9.58. The Morgan fingerprint density at radius 1 is 1.13 bits per heavy atom. The van der Waals surface area contributed by atoms with Crippen molar-refractivity contribution >= 4 is 40.2 Å². The lowest BCUT2D eigenvalue weighted by atomic mass is 10.1. The van der Waals surface area contributed by atoms with Gasteiger partial charge in [-0.1, -0.05) is 43.0 Å². The van der Waals surface area contributed by atoms with E-state index in [-0.39, 0.29) is 17.2 Å². The molecule has 3 aromatic rings. The summed E-state index contributed by atoms with van der Waals surface area (Å²) in [6, 6.07) is 14.0. The lowest BCUT2D eigenvalue weighted by Crippen LogP contribution is -2.30. The summed E-state index contributed by atoms with van der Waals surface area (Å²) in [6.45, 7) is 2.51. The van der Waals surface area contributed by atoms with Crippen LogP contribution in [0.4, 0.5) is 5.69 Å². The highest BCUT2D eigenvalue weighted by Crippen LogP contribution is 2.23. The molecule has 8 heteroatoms. The molecule has 0 spiro atoms. The van der Waals surface area contributed by atoms with Gasteiger partial charge in [-0.3, -0.25) is 14.2 Å². The normalized spacial score (nSPS) is 10.8. The van der Waals surface area contributed by atoms with Gasteiger partial charge in [-0.2, -0.15) is 0 Å². The van der Waals surface area contributed by atoms with Gasteiger partial charge in [0, 0.05) is 13.6 Å². The molecule has 0 saturated heterocycles. The molecule has 0 aliphatic carbocycles. The summed E-state index contributed by atoms with van der Waals surface area (Å²) in [5.74, 6) is -0.659. The highest BCUT2D eigenvalue weighted by Gasteiger charge is 2.20. The number of thioether (sulfide) groups is 1. The van der Waals surface area contributed by atoms with Crippen LogP contribution in [-0.2, 0) is 16.1 Å². The maximum atomic E-state index is 12.9. The van der Waals surface area contributed by atoms with E-state index in [4.69, 9.17) is 4.74 Å². The van der Waals surface area contributed by atoms with Crippen molar-refractivity contribution in [3.05, 3.63) is 64.4 Å². The number of methoxy groups -OCH3 is 1. The second-order valence-corrected chi connectivity index (χ2v) is 7.56. The average Bonchev–Trinajstić information content (AvgIpc) is 2.78. The van der Waals surface area contributed by atoms with Gasteiger partial charge in [0.05, 0.1) is 35.0 Å². The summed E-state index contributed by atoms with van der Waals surface area (Å²) in [7, 11) is 2.91. The Morgan fingerprint density at radius 3 is 2.57 bits per heavy atom. The van der Waals surface area contributed by atoms with Crippen LogP contribution in [0.1, 0.15) is 23.7 Å². The fraction of sp³-hybridized carbons (Fsp3) is 0.273. The molecule has 156 valence electrons. The van der Waals surface area contributed by atoms with Gasteiger partial charge < -0.3 is 9.64 Å². The lowest BCUT2D eigenvalue weighted by Gasteiger charge is -2.20. The standard InChI is InChI=1S/C22H23N3O4S/c1-4-13-25-20(27)15-9-5-7-11-17(15)23-22(25)30-14-19(26)24(2)18-12-8-6-10-16(18)21(28)29-3/h5-12H,4,13-14H2,1-3H3. The van der Waals surface area contributed by atoms with Crippen LogP contribution in [0.25, 0.3) is 10.9 Å². The minimum atomic E-state index is -0.508. The van der Waals surface area contributed by atoms with Gasteiger partial charge >= 0.3 is 5.97 Å². The fourth-order valence-corrected chi connectivity index (χ4v) is 4.02. The molecule has 0 bridgehead atoms. The first-order chi connectivity index (χ1) is 14.5. The molecule has 7 nitrogen and oxygen atoms in total. The predicted molar refractivity (Wildman–Crippen MR) is 118 cm³/mol. The number of anilines is 1. The van der Waals surface area contributed by atoms with Gasteiger partial charge in [0.25, 0.3) is 5.56 Å². The number of fused-ring (bicyclic) bond motifs is 1. The Hall–Kier alpha value is -3.13. The SMILES string of the molecule is CCCn1c(SCC(=O)N(C)c2ccccc2C(=O)OC)nc2ccccc2c1=O. The molecule has 0 saturated carbocycles. The maximum Gasteiger partial charge on any atom is 0.339 e. The monoisotopic (exact) mass is 425 g/mol. The minimum Gasteiger partial charge on any atom is -0.465 e. The third-order valence-electron chi connectivity index (χ3n) is 4.64. The van der Waals surface area contributed by atoms with Crippen LogP contribution in [0.5, 0.6) is 0 Å². The molecular weight excluding hydrogens is 402 g/mol. The smallest absolute Gasteiger partial charge is 0.339 e. The molecule has 2 aromatic carbocycles. The second-order valence-electron chi connectivity index (χ2n) is 6.62. The number of hydrogen-bond donors (Lipinski definition) is 0. The Morgan fingerprint density at radius 2 is 1.83 bits per heavy atom. The number of carbonyl (C=O) groups is 2.